The van der Waals surface area contributed by atoms with Crippen molar-refractivity contribution in [2.45, 2.75) is 51.5 Å². The molecule has 3 unspecified atom stereocenters. The summed E-state index contributed by atoms with van der Waals surface area (Å²) in [6, 6.07) is 3.34. The van der Waals surface area contributed by atoms with Gasteiger partial charge in [-0.2, -0.15) is 0 Å². The fourth-order valence-corrected chi connectivity index (χ4v) is 4.33. The van der Waals surface area contributed by atoms with Crippen LogP contribution in [-0.4, -0.2) is 46.4 Å². The second kappa shape index (κ2) is 10.9. The van der Waals surface area contributed by atoms with Crippen LogP contribution in [0.15, 0.2) is 36.4 Å². The van der Waals surface area contributed by atoms with Gasteiger partial charge in [0.25, 0.3) is 0 Å². The van der Waals surface area contributed by atoms with E-state index < -0.39 is 23.8 Å². The van der Waals surface area contributed by atoms with E-state index in [1.807, 2.05) is 0 Å². The molecule has 2 amide bonds. The van der Waals surface area contributed by atoms with Gasteiger partial charge in [0.15, 0.2) is 5.78 Å². The highest BCUT2D eigenvalue weighted by Crippen LogP contribution is 2.33. The number of carbonyl (C=O) groups is 4. The van der Waals surface area contributed by atoms with Gasteiger partial charge >= 0.3 is 5.97 Å². The first kappa shape index (κ1) is 24.2. The zero-order chi connectivity index (χ0) is 24.0. The Bertz CT molecular complexity index is 997. The third-order valence-corrected chi connectivity index (χ3v) is 6.17. The summed E-state index contributed by atoms with van der Waals surface area (Å²) < 4.78 is 0. The standard InChI is InChI=1S/C25H30N2O6/c1-2-3-4-5-17-16-7-9-18(21(28)11-8-16)19-12-15(6-10-22(19)29)13-20(25(32)33)27-23(30)14-26-24(17)31/h6,8-12,16-17,20,29H,2-5,7,13-14H2,1H3,(H,26,31)(H,27,30)(H,32,33). The van der Waals surface area contributed by atoms with E-state index in [1.165, 1.54) is 12.1 Å². The van der Waals surface area contributed by atoms with Crippen molar-refractivity contribution >= 4 is 29.1 Å². The first-order valence-electron chi connectivity index (χ1n) is 11.3. The van der Waals surface area contributed by atoms with Crippen LogP contribution in [0.4, 0.5) is 0 Å². The predicted molar refractivity (Wildman–Crippen MR) is 122 cm³/mol. The number of amides is 2. The molecular weight excluding hydrogens is 424 g/mol. The third kappa shape index (κ3) is 6.09. The third-order valence-electron chi connectivity index (χ3n) is 6.17. The number of aromatic hydroxyl groups is 1. The quantitative estimate of drug-likeness (QED) is 0.505. The van der Waals surface area contributed by atoms with Gasteiger partial charge in [-0.3, -0.25) is 14.4 Å². The average molecular weight is 455 g/mol. The maximum Gasteiger partial charge on any atom is 0.326 e. The number of phenolic OH excluding ortho intramolecular Hbond substituents is 1. The first-order chi connectivity index (χ1) is 15.8. The number of benzene rings is 1. The molecule has 1 aliphatic heterocycles. The second-order valence-corrected chi connectivity index (χ2v) is 8.57. The molecular formula is C25H30N2O6. The van der Waals surface area contributed by atoms with Crippen LogP contribution in [0.5, 0.6) is 5.75 Å². The minimum Gasteiger partial charge on any atom is -0.507 e. The van der Waals surface area contributed by atoms with Crippen molar-refractivity contribution in [2.75, 3.05) is 6.54 Å². The lowest BCUT2D eigenvalue weighted by Gasteiger charge is -2.23. The van der Waals surface area contributed by atoms with E-state index in [-0.39, 0.29) is 36.3 Å². The molecule has 8 heteroatoms. The van der Waals surface area contributed by atoms with Crippen molar-refractivity contribution in [1.29, 1.82) is 0 Å². The Morgan fingerprint density at radius 2 is 1.97 bits per heavy atom. The number of allylic oxidation sites excluding steroid dienone is 4. The van der Waals surface area contributed by atoms with Crippen molar-refractivity contribution in [3.05, 3.63) is 47.6 Å². The molecule has 3 atom stereocenters. The zero-order valence-corrected chi connectivity index (χ0v) is 18.7. The number of rotatable bonds is 5. The highest BCUT2D eigenvalue weighted by atomic mass is 16.4. The highest BCUT2D eigenvalue weighted by Gasteiger charge is 2.30. The molecule has 4 bridgehead atoms. The molecule has 4 N–H and O–H groups in total. The molecule has 3 rings (SSSR count). The van der Waals surface area contributed by atoms with Crippen LogP contribution in [-0.2, 0) is 25.6 Å². The van der Waals surface area contributed by atoms with E-state index in [9.17, 15) is 29.4 Å². The highest BCUT2D eigenvalue weighted by molar-refractivity contribution is 6.27. The van der Waals surface area contributed by atoms with Crippen LogP contribution in [0, 0.1) is 11.8 Å². The molecule has 8 nitrogen and oxygen atoms in total. The van der Waals surface area contributed by atoms with E-state index in [0.717, 1.165) is 19.3 Å². The lowest BCUT2D eigenvalue weighted by atomic mass is 9.84. The lowest BCUT2D eigenvalue weighted by molar-refractivity contribution is -0.141. The Balaban J connectivity index is 2.04. The number of nitrogens with one attached hydrogen (secondary N) is 2. The van der Waals surface area contributed by atoms with Crippen LogP contribution >= 0.6 is 0 Å². The van der Waals surface area contributed by atoms with E-state index in [2.05, 4.69) is 17.6 Å². The summed E-state index contributed by atoms with van der Waals surface area (Å²) in [5.41, 5.74) is 1.16. The van der Waals surface area contributed by atoms with E-state index in [1.54, 1.807) is 24.3 Å². The molecule has 1 heterocycles. The summed E-state index contributed by atoms with van der Waals surface area (Å²) in [5, 5.41) is 25.1. The van der Waals surface area contributed by atoms with Gasteiger partial charge in [-0.1, -0.05) is 44.4 Å². The molecule has 0 radical (unpaired) electrons. The molecule has 0 aromatic heterocycles. The minimum absolute atomic E-state index is 0.0398. The number of unbranched alkanes of at least 4 members (excludes halogenated alkanes) is 2. The molecule has 1 aromatic carbocycles. The number of carbonyl (C=O) groups excluding carboxylic acids is 3. The molecule has 176 valence electrons. The van der Waals surface area contributed by atoms with Crippen LogP contribution in [0.3, 0.4) is 0 Å². The van der Waals surface area contributed by atoms with Gasteiger partial charge < -0.3 is 20.8 Å². The second-order valence-electron chi connectivity index (χ2n) is 8.57. The molecule has 0 saturated carbocycles. The number of carboxylic acid groups (broad SMARTS) is 1. The largest absolute Gasteiger partial charge is 0.507 e. The number of hydrogen-bond donors (Lipinski definition) is 4. The van der Waals surface area contributed by atoms with Gasteiger partial charge in [-0.15, -0.1) is 0 Å². The number of phenols is 1. The van der Waals surface area contributed by atoms with Crippen LogP contribution in [0.2, 0.25) is 0 Å². The summed E-state index contributed by atoms with van der Waals surface area (Å²) in [4.78, 5) is 50.0. The van der Waals surface area contributed by atoms with Gasteiger partial charge in [0, 0.05) is 23.5 Å². The van der Waals surface area contributed by atoms with Crippen LogP contribution in [0.1, 0.15) is 50.2 Å². The topological polar surface area (TPSA) is 133 Å². The molecule has 0 spiro atoms. The van der Waals surface area contributed by atoms with Gasteiger partial charge in [-0.25, -0.2) is 4.79 Å². The monoisotopic (exact) mass is 454 g/mol. The van der Waals surface area contributed by atoms with Gasteiger partial charge in [0.1, 0.15) is 11.8 Å². The van der Waals surface area contributed by atoms with Crippen molar-refractivity contribution in [3.8, 4) is 5.75 Å². The van der Waals surface area contributed by atoms with E-state index in [0.29, 0.717) is 29.5 Å². The lowest BCUT2D eigenvalue weighted by Crippen LogP contribution is -2.47. The molecule has 0 saturated heterocycles. The Morgan fingerprint density at radius 1 is 1.18 bits per heavy atom. The normalized spacial score (nSPS) is 23.6. The summed E-state index contributed by atoms with van der Waals surface area (Å²) in [6.07, 6.45) is 8.70. The van der Waals surface area contributed by atoms with E-state index >= 15 is 0 Å². The smallest absolute Gasteiger partial charge is 0.326 e. The molecule has 1 aliphatic carbocycles. The molecule has 33 heavy (non-hydrogen) atoms. The fraction of sp³-hybridized carbons (Fsp3) is 0.440. The average Bonchev–Trinajstić information content (AvgIpc) is 2.97. The molecule has 0 fully saturated rings. The molecule has 2 aliphatic rings. The number of aliphatic carboxylic acids is 1. The Kier molecular flexibility index (Phi) is 8.03. The minimum atomic E-state index is -1.22. The summed E-state index contributed by atoms with van der Waals surface area (Å²) >= 11 is 0. The Morgan fingerprint density at radius 3 is 2.70 bits per heavy atom. The number of hydrogen-bond acceptors (Lipinski definition) is 5. The SMILES string of the molecule is CCCCCC1C(=O)NCC(=O)NC(C(=O)O)Cc2ccc(O)c(c2)C2=CCC1C=CC2=O. The number of fused-ring (bicyclic) bond motifs is 5. The van der Waals surface area contributed by atoms with Gasteiger partial charge in [0.05, 0.1) is 6.54 Å². The fourth-order valence-electron chi connectivity index (χ4n) is 4.33. The van der Waals surface area contributed by atoms with Crippen LogP contribution < -0.4 is 10.6 Å². The van der Waals surface area contributed by atoms with Crippen LogP contribution in [0.25, 0.3) is 5.57 Å². The van der Waals surface area contributed by atoms with Gasteiger partial charge in [0.2, 0.25) is 11.8 Å². The first-order valence-corrected chi connectivity index (χ1v) is 11.3. The predicted octanol–water partition coefficient (Wildman–Crippen LogP) is 2.36. The maximum absolute atomic E-state index is 13.0. The summed E-state index contributed by atoms with van der Waals surface area (Å²) in [7, 11) is 0. The summed E-state index contributed by atoms with van der Waals surface area (Å²) in [5.74, 6) is -3.18. The van der Waals surface area contributed by atoms with Gasteiger partial charge in [-0.05, 0) is 42.5 Å². The van der Waals surface area contributed by atoms with Crippen molar-refractivity contribution in [3.63, 3.8) is 0 Å². The van der Waals surface area contributed by atoms with Crippen molar-refractivity contribution < 1.29 is 29.4 Å². The number of ketones is 1. The Hall–Kier alpha value is -3.42. The maximum atomic E-state index is 13.0. The summed E-state index contributed by atoms with van der Waals surface area (Å²) in [6.45, 7) is 1.74. The van der Waals surface area contributed by atoms with E-state index in [4.69, 9.17) is 0 Å². The van der Waals surface area contributed by atoms with Crippen molar-refractivity contribution in [2.24, 2.45) is 11.8 Å². The molecule has 1 aromatic rings. The number of carboxylic acids is 1. The zero-order valence-electron chi connectivity index (χ0n) is 18.7. The van der Waals surface area contributed by atoms with Crippen molar-refractivity contribution in [1.82, 2.24) is 10.6 Å². The Labute approximate surface area is 192 Å².